The Labute approximate surface area is 134 Å². The van der Waals surface area contributed by atoms with Gasteiger partial charge in [0, 0.05) is 5.41 Å². The highest BCUT2D eigenvalue weighted by Crippen LogP contribution is 2.34. The first-order valence-electron chi connectivity index (χ1n) is 7.98. The summed E-state index contributed by atoms with van der Waals surface area (Å²) in [6, 6.07) is 6.21. The van der Waals surface area contributed by atoms with Crippen LogP contribution in [0.2, 0.25) is 0 Å². The van der Waals surface area contributed by atoms with Crippen molar-refractivity contribution < 1.29 is 4.74 Å². The Morgan fingerprint density at radius 2 is 1.55 bits per heavy atom. The van der Waals surface area contributed by atoms with Gasteiger partial charge in [0.2, 0.25) is 5.88 Å². The molecule has 0 saturated carbocycles. The van der Waals surface area contributed by atoms with E-state index in [0.29, 0.717) is 5.88 Å². The molecule has 22 heavy (non-hydrogen) atoms. The molecule has 0 aliphatic rings. The third-order valence-corrected chi connectivity index (χ3v) is 3.53. The molecule has 0 aliphatic heterocycles. The van der Waals surface area contributed by atoms with E-state index >= 15 is 0 Å². The second-order valence-corrected chi connectivity index (χ2v) is 8.22. The maximum Gasteiger partial charge on any atom is 0.237 e. The van der Waals surface area contributed by atoms with Gasteiger partial charge in [0.1, 0.15) is 5.69 Å². The molecule has 0 unspecified atom stereocenters. The standard InChI is InChI=1S/C19H28N2O/c1-12(2)22-17-16(19(6,7)8)21-15-13(18(3,4)5)10-9-11-14(15)20-17/h9-12H,1-8H3. The van der Waals surface area contributed by atoms with Crippen molar-refractivity contribution in [2.45, 2.75) is 72.3 Å². The molecule has 1 aromatic heterocycles. The lowest BCUT2D eigenvalue weighted by Crippen LogP contribution is -2.20. The molecule has 0 saturated heterocycles. The SMILES string of the molecule is CC(C)Oc1nc2cccc(C(C)(C)C)c2nc1C(C)(C)C. The topological polar surface area (TPSA) is 35.0 Å². The zero-order valence-corrected chi connectivity index (χ0v) is 15.1. The van der Waals surface area contributed by atoms with Crippen LogP contribution in [0, 0.1) is 0 Å². The molecule has 0 aliphatic carbocycles. The van der Waals surface area contributed by atoms with Crippen molar-refractivity contribution in [3.8, 4) is 5.88 Å². The van der Waals surface area contributed by atoms with E-state index in [9.17, 15) is 0 Å². The van der Waals surface area contributed by atoms with Gasteiger partial charge in [0.25, 0.3) is 0 Å². The first-order chi connectivity index (χ1) is 10.00. The molecule has 0 fully saturated rings. The fourth-order valence-corrected chi connectivity index (χ4v) is 2.46. The first kappa shape index (κ1) is 16.7. The van der Waals surface area contributed by atoms with E-state index in [1.165, 1.54) is 5.56 Å². The minimum atomic E-state index is -0.115. The van der Waals surface area contributed by atoms with Crippen molar-refractivity contribution in [1.29, 1.82) is 0 Å². The van der Waals surface area contributed by atoms with E-state index in [-0.39, 0.29) is 16.9 Å². The van der Waals surface area contributed by atoms with Crippen LogP contribution < -0.4 is 4.74 Å². The number of benzene rings is 1. The number of hydrogen-bond acceptors (Lipinski definition) is 3. The molecule has 0 N–H and O–H groups in total. The maximum absolute atomic E-state index is 5.93. The lowest BCUT2D eigenvalue weighted by Gasteiger charge is -2.25. The van der Waals surface area contributed by atoms with Crippen LogP contribution in [-0.4, -0.2) is 16.1 Å². The smallest absolute Gasteiger partial charge is 0.237 e. The zero-order chi connectivity index (χ0) is 16.7. The third kappa shape index (κ3) is 3.40. The van der Waals surface area contributed by atoms with Crippen LogP contribution in [-0.2, 0) is 10.8 Å². The maximum atomic E-state index is 5.93. The van der Waals surface area contributed by atoms with E-state index in [2.05, 4.69) is 47.6 Å². The van der Waals surface area contributed by atoms with Crippen LogP contribution in [0.4, 0.5) is 0 Å². The van der Waals surface area contributed by atoms with Crippen molar-refractivity contribution in [2.24, 2.45) is 0 Å². The van der Waals surface area contributed by atoms with Crippen LogP contribution >= 0.6 is 0 Å². The Balaban J connectivity index is 2.78. The Morgan fingerprint density at radius 3 is 2.05 bits per heavy atom. The van der Waals surface area contributed by atoms with Gasteiger partial charge in [-0.2, -0.15) is 0 Å². The summed E-state index contributed by atoms with van der Waals surface area (Å²) in [5.41, 5.74) is 3.94. The quantitative estimate of drug-likeness (QED) is 0.781. The molecule has 0 bridgehead atoms. The number of para-hydroxylation sites is 1. The predicted molar refractivity (Wildman–Crippen MR) is 92.7 cm³/mol. The first-order valence-corrected chi connectivity index (χ1v) is 7.98. The summed E-state index contributed by atoms with van der Waals surface area (Å²) >= 11 is 0. The van der Waals surface area contributed by atoms with E-state index in [1.54, 1.807) is 0 Å². The third-order valence-electron chi connectivity index (χ3n) is 3.53. The molecule has 2 rings (SSSR count). The van der Waals surface area contributed by atoms with Crippen molar-refractivity contribution in [2.75, 3.05) is 0 Å². The van der Waals surface area contributed by atoms with Crippen molar-refractivity contribution in [1.82, 2.24) is 9.97 Å². The minimum absolute atomic E-state index is 0.0315. The normalized spacial score (nSPS) is 13.0. The number of aromatic nitrogens is 2. The highest BCUT2D eigenvalue weighted by Gasteiger charge is 2.26. The Bertz CT molecular complexity index is 676. The lowest BCUT2D eigenvalue weighted by molar-refractivity contribution is 0.225. The van der Waals surface area contributed by atoms with E-state index < -0.39 is 0 Å². The summed E-state index contributed by atoms with van der Waals surface area (Å²) in [6.45, 7) is 17.1. The van der Waals surface area contributed by atoms with Gasteiger partial charge < -0.3 is 4.74 Å². The van der Waals surface area contributed by atoms with Gasteiger partial charge in [-0.05, 0) is 30.9 Å². The fraction of sp³-hybridized carbons (Fsp3) is 0.579. The summed E-state index contributed by atoms with van der Waals surface area (Å²) in [7, 11) is 0. The monoisotopic (exact) mass is 300 g/mol. The number of hydrogen-bond donors (Lipinski definition) is 0. The van der Waals surface area contributed by atoms with Gasteiger partial charge in [0.05, 0.1) is 17.1 Å². The van der Waals surface area contributed by atoms with Gasteiger partial charge in [-0.25, -0.2) is 9.97 Å². The van der Waals surface area contributed by atoms with Crippen LogP contribution in [0.25, 0.3) is 11.0 Å². The molecule has 3 heteroatoms. The van der Waals surface area contributed by atoms with Crippen molar-refractivity contribution in [3.05, 3.63) is 29.5 Å². The minimum Gasteiger partial charge on any atom is -0.474 e. The van der Waals surface area contributed by atoms with Crippen LogP contribution in [0.5, 0.6) is 5.88 Å². The lowest BCUT2D eigenvalue weighted by atomic mass is 9.85. The number of nitrogens with zero attached hydrogens (tertiary/aromatic N) is 2. The summed E-state index contributed by atoms with van der Waals surface area (Å²) in [6.07, 6.45) is 0.0821. The number of rotatable bonds is 2. The van der Waals surface area contributed by atoms with Gasteiger partial charge in [0.15, 0.2) is 0 Å². The molecule has 0 radical (unpaired) electrons. The zero-order valence-electron chi connectivity index (χ0n) is 15.1. The average Bonchev–Trinajstić information content (AvgIpc) is 2.33. The summed E-state index contributed by atoms with van der Waals surface area (Å²) in [5.74, 6) is 0.654. The molecule has 0 spiro atoms. The van der Waals surface area contributed by atoms with Crippen LogP contribution in [0.1, 0.15) is 66.6 Å². The Hall–Kier alpha value is -1.64. The molecule has 2 aromatic rings. The molecule has 1 heterocycles. The Morgan fingerprint density at radius 1 is 0.909 bits per heavy atom. The van der Waals surface area contributed by atoms with E-state index in [1.807, 2.05) is 26.0 Å². The number of ether oxygens (including phenoxy) is 1. The molecule has 3 nitrogen and oxygen atoms in total. The summed E-state index contributed by atoms with van der Waals surface area (Å²) < 4.78 is 5.93. The van der Waals surface area contributed by atoms with Crippen molar-refractivity contribution in [3.63, 3.8) is 0 Å². The molecule has 120 valence electrons. The van der Waals surface area contributed by atoms with Gasteiger partial charge in [-0.1, -0.05) is 53.7 Å². The van der Waals surface area contributed by atoms with Crippen molar-refractivity contribution >= 4 is 11.0 Å². The van der Waals surface area contributed by atoms with Crippen LogP contribution in [0.15, 0.2) is 18.2 Å². The second-order valence-electron chi connectivity index (χ2n) is 8.22. The summed E-state index contributed by atoms with van der Waals surface area (Å²) in [5, 5.41) is 0. The van der Waals surface area contributed by atoms with Gasteiger partial charge in [-0.3, -0.25) is 0 Å². The average molecular weight is 300 g/mol. The predicted octanol–water partition coefficient (Wildman–Crippen LogP) is 5.01. The molecule has 0 amide bonds. The molecular weight excluding hydrogens is 272 g/mol. The highest BCUT2D eigenvalue weighted by atomic mass is 16.5. The summed E-state index contributed by atoms with van der Waals surface area (Å²) in [4.78, 5) is 9.75. The highest BCUT2D eigenvalue weighted by molar-refractivity contribution is 5.80. The van der Waals surface area contributed by atoms with E-state index in [0.717, 1.165) is 16.7 Å². The molecular formula is C19H28N2O. The largest absolute Gasteiger partial charge is 0.474 e. The molecule has 0 atom stereocenters. The van der Waals surface area contributed by atoms with Crippen LogP contribution in [0.3, 0.4) is 0 Å². The molecule has 1 aromatic carbocycles. The second kappa shape index (κ2) is 5.53. The fourth-order valence-electron chi connectivity index (χ4n) is 2.46. The van der Waals surface area contributed by atoms with E-state index in [4.69, 9.17) is 14.7 Å². The van der Waals surface area contributed by atoms with Gasteiger partial charge in [-0.15, -0.1) is 0 Å². The Kier molecular flexibility index (Phi) is 4.20. The van der Waals surface area contributed by atoms with Gasteiger partial charge >= 0.3 is 0 Å². The number of fused-ring (bicyclic) bond motifs is 1.